The number of aromatic nitrogens is 1. The van der Waals surface area contributed by atoms with E-state index in [1.807, 2.05) is 6.92 Å². The van der Waals surface area contributed by atoms with Gasteiger partial charge in [0, 0.05) is 11.8 Å². The van der Waals surface area contributed by atoms with E-state index in [2.05, 4.69) is 10.3 Å². The Balaban J connectivity index is 2.41. The van der Waals surface area contributed by atoms with E-state index in [4.69, 9.17) is 11.6 Å². The van der Waals surface area contributed by atoms with Crippen molar-refractivity contribution in [3.05, 3.63) is 64.4 Å². The number of nitrogens with one attached hydrogen (secondary N) is 1. The van der Waals surface area contributed by atoms with Crippen molar-refractivity contribution in [2.24, 2.45) is 0 Å². The summed E-state index contributed by atoms with van der Waals surface area (Å²) in [5.41, 5.74) is 1.19. The SMILES string of the molecule is CCCNC(c1ccc(F)c(Cl)c1)c1ccncc1F. The predicted molar refractivity (Wildman–Crippen MR) is 75.7 cm³/mol. The van der Waals surface area contributed by atoms with E-state index in [9.17, 15) is 8.78 Å². The van der Waals surface area contributed by atoms with Gasteiger partial charge in [0.2, 0.25) is 0 Å². The molecule has 0 radical (unpaired) electrons. The van der Waals surface area contributed by atoms with Crippen molar-refractivity contribution in [2.45, 2.75) is 19.4 Å². The molecule has 0 spiro atoms. The van der Waals surface area contributed by atoms with Gasteiger partial charge in [-0.25, -0.2) is 8.78 Å². The molecule has 0 aliphatic carbocycles. The lowest BCUT2D eigenvalue weighted by Gasteiger charge is -2.20. The van der Waals surface area contributed by atoms with E-state index in [1.54, 1.807) is 12.1 Å². The number of halogens is 3. The van der Waals surface area contributed by atoms with Crippen molar-refractivity contribution in [2.75, 3.05) is 6.54 Å². The van der Waals surface area contributed by atoms with Crippen molar-refractivity contribution in [1.82, 2.24) is 10.3 Å². The third-order valence-corrected chi connectivity index (χ3v) is 3.28. The molecule has 2 rings (SSSR count). The van der Waals surface area contributed by atoms with Crippen LogP contribution in [0, 0.1) is 11.6 Å². The minimum absolute atomic E-state index is 0.0280. The maximum absolute atomic E-state index is 13.9. The van der Waals surface area contributed by atoms with E-state index in [1.165, 1.54) is 24.5 Å². The summed E-state index contributed by atoms with van der Waals surface area (Å²) in [4.78, 5) is 3.74. The topological polar surface area (TPSA) is 24.9 Å². The molecule has 0 aliphatic heterocycles. The first-order valence-electron chi connectivity index (χ1n) is 6.41. The third kappa shape index (κ3) is 3.32. The molecular weight excluding hydrogens is 282 g/mol. The van der Waals surface area contributed by atoms with Crippen LogP contribution in [0.1, 0.15) is 30.5 Å². The second-order valence-electron chi connectivity index (χ2n) is 4.46. The molecule has 1 N–H and O–H groups in total. The summed E-state index contributed by atoms with van der Waals surface area (Å²) < 4.78 is 27.2. The Labute approximate surface area is 121 Å². The minimum atomic E-state index is -0.486. The fraction of sp³-hybridized carbons (Fsp3) is 0.267. The third-order valence-electron chi connectivity index (χ3n) is 2.99. The fourth-order valence-corrected chi connectivity index (χ4v) is 2.20. The molecule has 0 amide bonds. The van der Waals surface area contributed by atoms with Gasteiger partial charge in [0.1, 0.15) is 11.6 Å². The number of benzene rings is 1. The van der Waals surface area contributed by atoms with Gasteiger partial charge in [0.25, 0.3) is 0 Å². The molecule has 0 saturated heterocycles. The Bertz CT molecular complexity index is 590. The van der Waals surface area contributed by atoms with Gasteiger partial charge in [0.15, 0.2) is 0 Å². The van der Waals surface area contributed by atoms with Crippen molar-refractivity contribution in [3.8, 4) is 0 Å². The smallest absolute Gasteiger partial charge is 0.146 e. The van der Waals surface area contributed by atoms with E-state index in [0.717, 1.165) is 12.0 Å². The molecule has 20 heavy (non-hydrogen) atoms. The Morgan fingerprint density at radius 3 is 2.70 bits per heavy atom. The molecule has 2 aromatic rings. The van der Waals surface area contributed by atoms with Crippen LogP contribution in [0.15, 0.2) is 36.7 Å². The molecule has 0 aliphatic rings. The van der Waals surface area contributed by atoms with Crippen LogP contribution in [0.4, 0.5) is 8.78 Å². The molecule has 1 aromatic heterocycles. The van der Waals surface area contributed by atoms with E-state index in [-0.39, 0.29) is 11.1 Å². The Kier molecular flexibility index (Phi) is 5.04. The summed E-state index contributed by atoms with van der Waals surface area (Å²) in [6.45, 7) is 2.73. The molecule has 1 heterocycles. The highest BCUT2D eigenvalue weighted by atomic mass is 35.5. The van der Waals surface area contributed by atoms with E-state index < -0.39 is 11.6 Å². The minimum Gasteiger partial charge on any atom is -0.306 e. The number of pyridine rings is 1. The van der Waals surface area contributed by atoms with E-state index >= 15 is 0 Å². The molecular formula is C15H15ClF2N2. The van der Waals surface area contributed by atoms with Gasteiger partial charge in [-0.15, -0.1) is 0 Å². The number of hydrogen-bond acceptors (Lipinski definition) is 2. The van der Waals surface area contributed by atoms with Crippen LogP contribution in [0.3, 0.4) is 0 Å². The van der Waals surface area contributed by atoms with Crippen LogP contribution in [-0.2, 0) is 0 Å². The molecule has 1 aromatic carbocycles. The molecule has 0 bridgehead atoms. The predicted octanol–water partition coefficient (Wildman–Crippen LogP) is 4.10. The van der Waals surface area contributed by atoms with Crippen LogP contribution in [-0.4, -0.2) is 11.5 Å². The first-order valence-corrected chi connectivity index (χ1v) is 6.79. The van der Waals surface area contributed by atoms with Crippen molar-refractivity contribution in [3.63, 3.8) is 0 Å². The Hall–Kier alpha value is -1.52. The van der Waals surface area contributed by atoms with Gasteiger partial charge in [0.05, 0.1) is 17.3 Å². The summed E-state index contributed by atoms with van der Waals surface area (Å²) in [5, 5.41) is 3.27. The summed E-state index contributed by atoms with van der Waals surface area (Å²) in [6, 6.07) is 5.64. The molecule has 1 atom stereocenters. The standard InChI is InChI=1S/C15H15ClF2N2/c1-2-6-20-15(11-5-7-19-9-14(11)18)10-3-4-13(17)12(16)8-10/h3-5,7-9,15,20H,2,6H2,1H3. The average Bonchev–Trinajstić information content (AvgIpc) is 2.44. The fourth-order valence-electron chi connectivity index (χ4n) is 2.01. The lowest BCUT2D eigenvalue weighted by atomic mass is 9.99. The highest BCUT2D eigenvalue weighted by molar-refractivity contribution is 6.30. The monoisotopic (exact) mass is 296 g/mol. The number of hydrogen-bond donors (Lipinski definition) is 1. The summed E-state index contributed by atoms with van der Waals surface area (Å²) in [7, 11) is 0. The van der Waals surface area contributed by atoms with Crippen molar-refractivity contribution >= 4 is 11.6 Å². The number of nitrogens with zero attached hydrogens (tertiary/aromatic N) is 1. The van der Waals surface area contributed by atoms with Crippen LogP contribution in [0.25, 0.3) is 0 Å². The molecule has 1 unspecified atom stereocenters. The van der Waals surface area contributed by atoms with Crippen LogP contribution >= 0.6 is 11.6 Å². The van der Waals surface area contributed by atoms with Crippen molar-refractivity contribution in [1.29, 1.82) is 0 Å². The quantitative estimate of drug-likeness (QED) is 0.898. The molecule has 106 valence electrons. The zero-order valence-electron chi connectivity index (χ0n) is 11.0. The van der Waals surface area contributed by atoms with Crippen LogP contribution < -0.4 is 5.32 Å². The molecule has 2 nitrogen and oxygen atoms in total. The lowest BCUT2D eigenvalue weighted by molar-refractivity contribution is 0.542. The van der Waals surface area contributed by atoms with E-state index in [0.29, 0.717) is 12.1 Å². The molecule has 5 heteroatoms. The maximum atomic E-state index is 13.9. The normalized spacial score (nSPS) is 12.4. The second-order valence-corrected chi connectivity index (χ2v) is 4.87. The van der Waals surface area contributed by atoms with Gasteiger partial charge in [-0.3, -0.25) is 4.98 Å². The highest BCUT2D eigenvalue weighted by Crippen LogP contribution is 2.27. The molecule has 0 fully saturated rings. The van der Waals surface area contributed by atoms with Gasteiger partial charge in [-0.2, -0.15) is 0 Å². The first kappa shape index (κ1) is 14.9. The van der Waals surface area contributed by atoms with Gasteiger partial charge >= 0.3 is 0 Å². The van der Waals surface area contributed by atoms with Gasteiger partial charge < -0.3 is 5.32 Å². The van der Waals surface area contributed by atoms with Crippen molar-refractivity contribution < 1.29 is 8.78 Å². The highest BCUT2D eigenvalue weighted by Gasteiger charge is 2.18. The Morgan fingerprint density at radius 2 is 2.05 bits per heavy atom. The zero-order valence-corrected chi connectivity index (χ0v) is 11.8. The number of rotatable bonds is 5. The van der Waals surface area contributed by atoms with Gasteiger partial charge in [-0.1, -0.05) is 24.6 Å². The largest absolute Gasteiger partial charge is 0.306 e. The summed E-state index contributed by atoms with van der Waals surface area (Å²) >= 11 is 5.81. The van der Waals surface area contributed by atoms with Crippen LogP contribution in [0.5, 0.6) is 0 Å². The first-order chi connectivity index (χ1) is 9.63. The lowest BCUT2D eigenvalue weighted by Crippen LogP contribution is -2.24. The van der Waals surface area contributed by atoms with Crippen LogP contribution in [0.2, 0.25) is 5.02 Å². The average molecular weight is 297 g/mol. The summed E-state index contributed by atoms with van der Waals surface area (Å²) in [6.07, 6.45) is 3.60. The molecule has 0 saturated carbocycles. The zero-order chi connectivity index (χ0) is 14.5. The maximum Gasteiger partial charge on any atom is 0.146 e. The Morgan fingerprint density at radius 1 is 1.25 bits per heavy atom. The second kappa shape index (κ2) is 6.77. The van der Waals surface area contributed by atoms with Gasteiger partial charge in [-0.05, 0) is 36.7 Å². The summed E-state index contributed by atoms with van der Waals surface area (Å²) in [5.74, 6) is -0.888.